The van der Waals surface area contributed by atoms with Crippen LogP contribution >= 0.6 is 15.9 Å². The molecule has 0 spiro atoms. The first-order valence-corrected chi connectivity index (χ1v) is 3.07. The van der Waals surface area contributed by atoms with Crippen molar-refractivity contribution in [1.82, 2.24) is 0 Å². The van der Waals surface area contributed by atoms with Crippen LogP contribution in [0.1, 0.15) is 6.92 Å². The third kappa shape index (κ3) is 0.916. The normalized spacial score (nSPS) is 27.5. The molecule has 1 heterocycles. The lowest BCUT2D eigenvalue weighted by Crippen LogP contribution is -2.02. The number of esters is 1. The van der Waals surface area contributed by atoms with E-state index < -0.39 is 0 Å². The first-order chi connectivity index (χ1) is 3.70. The number of hydrogen-bond acceptors (Lipinski definition) is 2. The van der Waals surface area contributed by atoms with Gasteiger partial charge in [-0.15, -0.1) is 0 Å². The van der Waals surface area contributed by atoms with Gasteiger partial charge in [0.1, 0.15) is 6.10 Å². The van der Waals surface area contributed by atoms with Crippen LogP contribution in [0.4, 0.5) is 0 Å². The maximum absolute atomic E-state index is 10.3. The molecule has 1 aliphatic heterocycles. The topological polar surface area (TPSA) is 26.3 Å². The summed E-state index contributed by atoms with van der Waals surface area (Å²) in [6.45, 7) is 1.81. The molecule has 1 aliphatic rings. The van der Waals surface area contributed by atoms with E-state index in [1.165, 1.54) is 6.08 Å². The molecule has 0 radical (unpaired) electrons. The summed E-state index contributed by atoms with van der Waals surface area (Å²) in [7, 11) is 0. The van der Waals surface area contributed by atoms with Crippen LogP contribution in [0.3, 0.4) is 0 Å². The van der Waals surface area contributed by atoms with Crippen LogP contribution in [0.15, 0.2) is 10.6 Å². The lowest BCUT2D eigenvalue weighted by atomic mass is 10.4. The summed E-state index contributed by atoms with van der Waals surface area (Å²) in [4.78, 5) is 10.3. The highest BCUT2D eigenvalue weighted by Crippen LogP contribution is 2.19. The molecule has 44 valence electrons. The summed E-state index contributed by atoms with van der Waals surface area (Å²) in [5.74, 6) is -0.260. The molecule has 1 rings (SSSR count). The van der Waals surface area contributed by atoms with Gasteiger partial charge in [-0.05, 0) is 6.92 Å². The fourth-order valence-corrected chi connectivity index (χ4v) is 0.775. The standard InChI is InChI=1S/C5H5BrO2/c1-3-4(6)2-5(7)8-3/h2-3H,1H3. The zero-order valence-corrected chi connectivity index (χ0v) is 5.94. The van der Waals surface area contributed by atoms with E-state index in [0.29, 0.717) is 0 Å². The molecule has 1 atom stereocenters. The monoisotopic (exact) mass is 176 g/mol. The summed E-state index contributed by atoms with van der Waals surface area (Å²) in [5.41, 5.74) is 0. The van der Waals surface area contributed by atoms with E-state index in [1.807, 2.05) is 6.92 Å². The minimum absolute atomic E-state index is 0.0810. The smallest absolute Gasteiger partial charge is 0.332 e. The Morgan fingerprint density at radius 3 is 2.62 bits per heavy atom. The molecule has 0 aliphatic carbocycles. The highest BCUT2D eigenvalue weighted by Gasteiger charge is 2.18. The van der Waals surface area contributed by atoms with Gasteiger partial charge in [-0.1, -0.05) is 15.9 Å². The Morgan fingerprint density at radius 2 is 2.50 bits per heavy atom. The Morgan fingerprint density at radius 1 is 1.88 bits per heavy atom. The molecular weight excluding hydrogens is 172 g/mol. The minimum atomic E-state index is -0.260. The van der Waals surface area contributed by atoms with Gasteiger partial charge < -0.3 is 4.74 Å². The number of cyclic esters (lactones) is 1. The zero-order valence-electron chi connectivity index (χ0n) is 4.35. The van der Waals surface area contributed by atoms with E-state index in [4.69, 9.17) is 4.74 Å². The van der Waals surface area contributed by atoms with E-state index in [1.54, 1.807) is 0 Å². The van der Waals surface area contributed by atoms with E-state index in [2.05, 4.69) is 15.9 Å². The number of rotatable bonds is 0. The maximum atomic E-state index is 10.3. The fourth-order valence-electron chi connectivity index (χ4n) is 0.494. The second-order valence-electron chi connectivity index (χ2n) is 1.61. The first kappa shape index (κ1) is 5.82. The van der Waals surface area contributed by atoms with Crippen molar-refractivity contribution in [3.8, 4) is 0 Å². The quantitative estimate of drug-likeness (QED) is 0.519. The Kier molecular flexibility index (Phi) is 1.38. The van der Waals surface area contributed by atoms with Crippen LogP contribution in [-0.2, 0) is 9.53 Å². The molecule has 0 aromatic heterocycles. The third-order valence-corrected chi connectivity index (χ3v) is 1.81. The minimum Gasteiger partial charge on any atom is -0.454 e. The van der Waals surface area contributed by atoms with Crippen LogP contribution in [0.25, 0.3) is 0 Å². The second-order valence-corrected chi connectivity index (χ2v) is 2.52. The van der Waals surface area contributed by atoms with Gasteiger partial charge in [-0.25, -0.2) is 4.79 Å². The third-order valence-electron chi connectivity index (χ3n) is 0.937. The van der Waals surface area contributed by atoms with Gasteiger partial charge in [0.05, 0.1) is 0 Å². The Balaban J connectivity index is 2.73. The molecule has 0 N–H and O–H groups in total. The van der Waals surface area contributed by atoms with Crippen LogP contribution < -0.4 is 0 Å². The number of carbonyl (C=O) groups is 1. The van der Waals surface area contributed by atoms with Crippen molar-refractivity contribution in [1.29, 1.82) is 0 Å². The predicted octanol–water partition coefficient (Wildman–Crippen LogP) is 1.21. The SMILES string of the molecule is CC1OC(=O)C=C1Br. The highest BCUT2D eigenvalue weighted by atomic mass is 79.9. The van der Waals surface area contributed by atoms with Gasteiger partial charge in [0.25, 0.3) is 0 Å². The molecule has 0 aromatic rings. The van der Waals surface area contributed by atoms with Gasteiger partial charge in [-0.2, -0.15) is 0 Å². The van der Waals surface area contributed by atoms with Gasteiger partial charge in [-0.3, -0.25) is 0 Å². The van der Waals surface area contributed by atoms with Crippen LogP contribution in [0, 0.1) is 0 Å². The zero-order chi connectivity index (χ0) is 6.15. The summed E-state index contributed by atoms with van der Waals surface area (Å²) in [6.07, 6.45) is 1.35. The Labute approximate surface area is 55.6 Å². The van der Waals surface area contributed by atoms with Crippen molar-refractivity contribution < 1.29 is 9.53 Å². The average Bonchev–Trinajstić information content (AvgIpc) is 1.85. The maximum Gasteiger partial charge on any atom is 0.332 e. The number of halogens is 1. The van der Waals surface area contributed by atoms with Crippen molar-refractivity contribution in [3.63, 3.8) is 0 Å². The van der Waals surface area contributed by atoms with Gasteiger partial charge >= 0.3 is 5.97 Å². The number of ether oxygens (including phenoxy) is 1. The van der Waals surface area contributed by atoms with Crippen molar-refractivity contribution in [3.05, 3.63) is 10.6 Å². The molecule has 1 unspecified atom stereocenters. The van der Waals surface area contributed by atoms with Crippen LogP contribution in [-0.4, -0.2) is 12.1 Å². The van der Waals surface area contributed by atoms with E-state index in [0.717, 1.165) is 4.48 Å². The lowest BCUT2D eigenvalue weighted by molar-refractivity contribution is -0.138. The highest BCUT2D eigenvalue weighted by molar-refractivity contribution is 9.11. The van der Waals surface area contributed by atoms with Gasteiger partial charge in [0.15, 0.2) is 0 Å². The van der Waals surface area contributed by atoms with Gasteiger partial charge in [0.2, 0.25) is 0 Å². The largest absolute Gasteiger partial charge is 0.454 e. The predicted molar refractivity (Wildman–Crippen MR) is 32.6 cm³/mol. The Bertz CT molecular complexity index is 151. The molecule has 2 nitrogen and oxygen atoms in total. The van der Waals surface area contributed by atoms with Crippen molar-refractivity contribution in [2.45, 2.75) is 13.0 Å². The molecule has 8 heavy (non-hydrogen) atoms. The summed E-state index contributed by atoms with van der Waals surface area (Å²) < 4.78 is 5.52. The van der Waals surface area contributed by atoms with Crippen LogP contribution in [0.2, 0.25) is 0 Å². The fraction of sp³-hybridized carbons (Fsp3) is 0.400. The summed E-state index contributed by atoms with van der Waals surface area (Å²) in [5, 5.41) is 0. The molecule has 3 heteroatoms. The lowest BCUT2D eigenvalue weighted by Gasteiger charge is -1.99. The summed E-state index contributed by atoms with van der Waals surface area (Å²) >= 11 is 3.16. The summed E-state index contributed by atoms with van der Waals surface area (Å²) in [6, 6.07) is 0. The van der Waals surface area contributed by atoms with Crippen molar-refractivity contribution in [2.75, 3.05) is 0 Å². The molecule has 0 aromatic carbocycles. The van der Waals surface area contributed by atoms with E-state index in [-0.39, 0.29) is 12.1 Å². The molecule has 0 fully saturated rings. The van der Waals surface area contributed by atoms with Crippen molar-refractivity contribution >= 4 is 21.9 Å². The van der Waals surface area contributed by atoms with E-state index in [9.17, 15) is 4.79 Å². The first-order valence-electron chi connectivity index (χ1n) is 2.28. The second kappa shape index (κ2) is 1.90. The average molecular weight is 177 g/mol. The number of carbonyl (C=O) groups excluding carboxylic acids is 1. The molecule has 0 bridgehead atoms. The molecule has 0 saturated heterocycles. The number of hydrogen-bond donors (Lipinski definition) is 0. The molecule has 0 amide bonds. The van der Waals surface area contributed by atoms with Gasteiger partial charge in [0, 0.05) is 10.6 Å². The van der Waals surface area contributed by atoms with Crippen molar-refractivity contribution in [2.24, 2.45) is 0 Å². The Hall–Kier alpha value is -0.310. The molecular formula is C5H5BrO2. The molecule has 0 saturated carbocycles. The van der Waals surface area contributed by atoms with E-state index >= 15 is 0 Å². The van der Waals surface area contributed by atoms with Crippen LogP contribution in [0.5, 0.6) is 0 Å².